The van der Waals surface area contributed by atoms with E-state index in [1.54, 1.807) is 0 Å². The summed E-state index contributed by atoms with van der Waals surface area (Å²) in [5.41, 5.74) is 0. The molecule has 30 heavy (non-hydrogen) atoms. The highest BCUT2D eigenvalue weighted by atomic mass is 35.6. The normalized spacial score (nSPS) is 12.6. The Morgan fingerprint density at radius 3 is 1.03 bits per heavy atom. The van der Waals surface area contributed by atoms with Crippen molar-refractivity contribution in [2.24, 2.45) is 0 Å². The molecule has 0 unspecified atom stereocenters. The molecule has 0 fully saturated rings. The Morgan fingerprint density at radius 1 is 0.467 bits per heavy atom. The SMILES string of the molecule is ClC(Cl)(Cl)c1nnc(CCCCCCCCCCCCc2nnc(C(Cl)(Cl)Cl)o2)o1. The molecule has 0 saturated heterocycles. The van der Waals surface area contributed by atoms with Gasteiger partial charge in [-0.15, -0.1) is 20.4 Å². The quantitative estimate of drug-likeness (QED) is 0.190. The van der Waals surface area contributed by atoms with E-state index in [1.807, 2.05) is 0 Å². The van der Waals surface area contributed by atoms with Crippen molar-refractivity contribution in [3.05, 3.63) is 23.6 Å². The smallest absolute Gasteiger partial charge is 0.268 e. The van der Waals surface area contributed by atoms with E-state index in [2.05, 4.69) is 20.4 Å². The third-order valence-electron chi connectivity index (χ3n) is 4.45. The lowest BCUT2D eigenvalue weighted by molar-refractivity contribution is 0.441. The van der Waals surface area contributed by atoms with E-state index in [0.717, 1.165) is 25.7 Å². The van der Waals surface area contributed by atoms with Crippen molar-refractivity contribution in [3.63, 3.8) is 0 Å². The highest BCUT2D eigenvalue weighted by molar-refractivity contribution is 6.66. The molecular weight excluding hydrogens is 517 g/mol. The summed E-state index contributed by atoms with van der Waals surface area (Å²) in [5, 5.41) is 15.3. The molecule has 2 heterocycles. The van der Waals surface area contributed by atoms with E-state index in [9.17, 15) is 0 Å². The molecule has 2 rings (SSSR count). The van der Waals surface area contributed by atoms with Gasteiger partial charge in [-0.3, -0.25) is 0 Å². The lowest BCUT2D eigenvalue weighted by atomic mass is 10.1. The molecule has 170 valence electrons. The van der Waals surface area contributed by atoms with Crippen molar-refractivity contribution in [2.75, 3.05) is 0 Å². The molecule has 0 aliphatic heterocycles. The number of aromatic nitrogens is 4. The van der Waals surface area contributed by atoms with Crippen molar-refractivity contribution < 1.29 is 8.83 Å². The summed E-state index contributed by atoms with van der Waals surface area (Å²) in [6, 6.07) is 0. The fraction of sp³-hybridized carbons (Fsp3) is 0.778. The Morgan fingerprint density at radius 2 is 0.767 bits per heavy atom. The van der Waals surface area contributed by atoms with Crippen LogP contribution in [0.2, 0.25) is 0 Å². The van der Waals surface area contributed by atoms with Crippen molar-refractivity contribution in [3.8, 4) is 0 Å². The second-order valence-corrected chi connectivity index (χ2v) is 11.6. The molecule has 0 aromatic carbocycles. The summed E-state index contributed by atoms with van der Waals surface area (Å²) in [5.74, 6) is 1.07. The summed E-state index contributed by atoms with van der Waals surface area (Å²) in [4.78, 5) is 0. The van der Waals surface area contributed by atoms with Crippen LogP contribution >= 0.6 is 69.6 Å². The van der Waals surface area contributed by atoms with E-state index >= 15 is 0 Å². The van der Waals surface area contributed by atoms with Crippen LogP contribution in [0.1, 0.15) is 87.8 Å². The standard InChI is InChI=1S/C18H24Cl6N4O2/c19-17(20,21)15-27-25-13(29-15)11-9-7-5-3-1-2-4-6-8-10-12-14-26-28-16(30-14)18(22,23)24/h1-12H2. The zero-order valence-corrected chi connectivity index (χ0v) is 20.9. The second kappa shape index (κ2) is 12.9. The minimum atomic E-state index is -1.66. The fourth-order valence-corrected chi connectivity index (χ4v) is 3.36. The van der Waals surface area contributed by atoms with Gasteiger partial charge < -0.3 is 8.83 Å². The van der Waals surface area contributed by atoms with Crippen molar-refractivity contribution in [1.82, 2.24) is 20.4 Å². The lowest BCUT2D eigenvalue weighted by Crippen LogP contribution is -1.99. The minimum absolute atomic E-state index is 0.0205. The largest absolute Gasteiger partial charge is 0.421 e. The number of rotatable bonds is 13. The Labute approximate surface area is 206 Å². The Bertz CT molecular complexity index is 679. The van der Waals surface area contributed by atoms with Crippen molar-refractivity contribution >= 4 is 69.6 Å². The van der Waals surface area contributed by atoms with Crippen LogP contribution in [0.15, 0.2) is 8.83 Å². The highest BCUT2D eigenvalue weighted by Gasteiger charge is 2.30. The summed E-state index contributed by atoms with van der Waals surface area (Å²) < 4.78 is 7.35. The van der Waals surface area contributed by atoms with Gasteiger partial charge in [0.15, 0.2) is 0 Å². The predicted octanol–water partition coefficient (Wildman–Crippen LogP) is 7.79. The van der Waals surface area contributed by atoms with Crippen LogP contribution in [-0.4, -0.2) is 20.4 Å². The maximum atomic E-state index is 5.70. The molecule has 0 atom stereocenters. The Hall–Kier alpha value is 0.0200. The lowest BCUT2D eigenvalue weighted by Gasteiger charge is -2.03. The monoisotopic (exact) mass is 538 g/mol. The van der Waals surface area contributed by atoms with E-state index in [4.69, 9.17) is 78.4 Å². The molecule has 0 amide bonds. The number of alkyl halides is 6. The molecule has 0 saturated carbocycles. The number of nitrogens with zero attached hydrogens (tertiary/aromatic N) is 4. The fourth-order valence-electron chi connectivity index (χ4n) is 2.91. The van der Waals surface area contributed by atoms with E-state index in [-0.39, 0.29) is 11.8 Å². The summed E-state index contributed by atoms with van der Waals surface area (Å²) in [6.07, 6.45) is 12.9. The summed E-state index contributed by atoms with van der Waals surface area (Å²) in [6.45, 7) is 0. The van der Waals surface area contributed by atoms with Gasteiger partial charge in [-0.05, 0) is 12.8 Å². The predicted molar refractivity (Wildman–Crippen MR) is 121 cm³/mol. The van der Waals surface area contributed by atoms with Crippen molar-refractivity contribution in [1.29, 1.82) is 0 Å². The molecule has 0 N–H and O–H groups in total. The van der Waals surface area contributed by atoms with Crippen LogP contribution in [-0.2, 0) is 20.4 Å². The van der Waals surface area contributed by atoms with E-state index in [1.165, 1.54) is 38.5 Å². The molecule has 6 nitrogen and oxygen atoms in total. The molecule has 12 heteroatoms. The van der Waals surface area contributed by atoms with Gasteiger partial charge >= 0.3 is 0 Å². The van der Waals surface area contributed by atoms with Crippen LogP contribution in [0.25, 0.3) is 0 Å². The average molecular weight is 541 g/mol. The summed E-state index contributed by atoms with van der Waals surface area (Å²) in [7, 11) is 0. The molecule has 0 spiro atoms. The zero-order valence-electron chi connectivity index (χ0n) is 16.4. The first-order valence-electron chi connectivity index (χ1n) is 9.95. The van der Waals surface area contributed by atoms with Gasteiger partial charge in [0.05, 0.1) is 0 Å². The third-order valence-corrected chi connectivity index (χ3v) is 5.42. The molecule has 2 aromatic rings. The Kier molecular flexibility index (Phi) is 11.3. The summed E-state index contributed by atoms with van der Waals surface area (Å²) >= 11 is 34.2. The van der Waals surface area contributed by atoms with Gasteiger partial charge in [0, 0.05) is 12.8 Å². The highest BCUT2D eigenvalue weighted by Crippen LogP contribution is 2.37. The molecule has 0 aliphatic carbocycles. The molecule has 0 radical (unpaired) electrons. The van der Waals surface area contributed by atoms with Crippen LogP contribution in [0, 0.1) is 0 Å². The number of hydrogen-bond acceptors (Lipinski definition) is 6. The van der Waals surface area contributed by atoms with Gasteiger partial charge in [-0.1, -0.05) is 121 Å². The number of hydrogen-bond donors (Lipinski definition) is 0. The van der Waals surface area contributed by atoms with Crippen molar-refractivity contribution in [2.45, 2.75) is 84.6 Å². The van der Waals surface area contributed by atoms with Gasteiger partial charge in [-0.2, -0.15) is 0 Å². The third kappa shape index (κ3) is 10.1. The second-order valence-electron chi connectivity index (χ2n) is 7.03. The molecular formula is C18H24Cl6N4O2. The van der Waals surface area contributed by atoms with E-state index < -0.39 is 7.59 Å². The van der Waals surface area contributed by atoms with Crippen LogP contribution in [0.5, 0.6) is 0 Å². The van der Waals surface area contributed by atoms with Gasteiger partial charge in [0.2, 0.25) is 11.8 Å². The first-order chi connectivity index (χ1) is 14.2. The van der Waals surface area contributed by atoms with Crippen LogP contribution in [0.3, 0.4) is 0 Å². The number of halogens is 6. The first kappa shape index (κ1) is 26.3. The van der Waals surface area contributed by atoms with Gasteiger partial charge in [-0.25, -0.2) is 0 Å². The maximum absolute atomic E-state index is 5.70. The number of unbranched alkanes of at least 4 members (excludes halogenated alkanes) is 9. The van der Waals surface area contributed by atoms with Gasteiger partial charge in [0.25, 0.3) is 19.4 Å². The van der Waals surface area contributed by atoms with Crippen LogP contribution in [0.4, 0.5) is 0 Å². The average Bonchev–Trinajstić information content (AvgIpc) is 3.31. The molecule has 0 bridgehead atoms. The topological polar surface area (TPSA) is 77.8 Å². The first-order valence-corrected chi connectivity index (χ1v) is 12.2. The molecule has 2 aromatic heterocycles. The minimum Gasteiger partial charge on any atom is -0.421 e. The van der Waals surface area contributed by atoms with E-state index in [0.29, 0.717) is 24.6 Å². The maximum Gasteiger partial charge on any atom is 0.268 e. The Balaban J connectivity index is 1.40. The molecule has 0 aliphatic rings. The van der Waals surface area contributed by atoms with Gasteiger partial charge in [0.1, 0.15) is 0 Å². The number of aryl methyl sites for hydroxylation is 2. The van der Waals surface area contributed by atoms with Crippen LogP contribution < -0.4 is 0 Å². The zero-order chi connectivity index (χ0) is 22.0.